The smallest absolute Gasteiger partial charge is 0.266 e. The fraction of sp³-hybridized carbons (Fsp3) is 0.238. The Hall–Kier alpha value is -2.04. The van der Waals surface area contributed by atoms with Gasteiger partial charge in [-0.15, -0.1) is 0 Å². The summed E-state index contributed by atoms with van der Waals surface area (Å²) in [5.74, 6) is 0.484. The van der Waals surface area contributed by atoms with E-state index in [1.165, 1.54) is 17.3 Å². The third-order valence-electron chi connectivity index (χ3n) is 4.14. The highest BCUT2D eigenvalue weighted by atomic mass is 35.5. The monoisotopic (exact) mass is 384 g/mol. The SMILES string of the molecule is CCN1C(=O)/C(=C\c2ccc(C(C)C)cc2)SC1=Nc1cccc(Cl)c1. The van der Waals surface area contributed by atoms with E-state index in [4.69, 9.17) is 11.6 Å². The standard InChI is InChI=1S/C21H21ClN2OS/c1-4-24-20(25)19(12-15-8-10-16(11-9-15)14(2)3)26-21(24)23-18-7-5-6-17(22)13-18/h5-14H,4H2,1-3H3/b19-12+,23-21?. The summed E-state index contributed by atoms with van der Waals surface area (Å²) in [7, 11) is 0. The van der Waals surface area contributed by atoms with Gasteiger partial charge in [-0.3, -0.25) is 9.69 Å². The maximum Gasteiger partial charge on any atom is 0.266 e. The van der Waals surface area contributed by atoms with Crippen LogP contribution >= 0.6 is 23.4 Å². The maximum atomic E-state index is 12.7. The fourth-order valence-electron chi connectivity index (χ4n) is 2.65. The molecule has 1 amide bonds. The second-order valence-corrected chi connectivity index (χ2v) is 7.80. The highest BCUT2D eigenvalue weighted by Gasteiger charge is 2.32. The van der Waals surface area contributed by atoms with Gasteiger partial charge in [0.25, 0.3) is 5.91 Å². The van der Waals surface area contributed by atoms with Gasteiger partial charge in [0.1, 0.15) is 0 Å². The average Bonchev–Trinajstić information content (AvgIpc) is 2.90. The van der Waals surface area contributed by atoms with Crippen LogP contribution in [0.4, 0.5) is 5.69 Å². The van der Waals surface area contributed by atoms with E-state index in [2.05, 4.69) is 43.1 Å². The molecular weight excluding hydrogens is 364 g/mol. The quantitative estimate of drug-likeness (QED) is 0.597. The molecule has 0 saturated carbocycles. The first-order chi connectivity index (χ1) is 12.5. The minimum atomic E-state index is -0.00814. The van der Waals surface area contributed by atoms with Gasteiger partial charge in [0, 0.05) is 11.6 Å². The second kappa shape index (κ2) is 8.11. The van der Waals surface area contributed by atoms with E-state index < -0.39 is 0 Å². The normalized spacial score (nSPS) is 17.7. The van der Waals surface area contributed by atoms with Gasteiger partial charge in [0.05, 0.1) is 10.6 Å². The van der Waals surface area contributed by atoms with Gasteiger partial charge < -0.3 is 0 Å². The van der Waals surface area contributed by atoms with Crippen molar-refractivity contribution < 1.29 is 4.79 Å². The predicted octanol–water partition coefficient (Wildman–Crippen LogP) is 6.09. The molecule has 1 saturated heterocycles. The van der Waals surface area contributed by atoms with E-state index in [1.807, 2.05) is 31.2 Å². The molecule has 1 aliphatic rings. The second-order valence-electron chi connectivity index (χ2n) is 6.36. The number of aliphatic imine (C=N–C) groups is 1. The largest absolute Gasteiger partial charge is 0.287 e. The Morgan fingerprint density at radius 2 is 1.92 bits per heavy atom. The van der Waals surface area contributed by atoms with E-state index >= 15 is 0 Å². The van der Waals surface area contributed by atoms with Crippen LogP contribution in [-0.4, -0.2) is 22.5 Å². The first-order valence-corrected chi connectivity index (χ1v) is 9.83. The first-order valence-electron chi connectivity index (χ1n) is 8.63. The zero-order chi connectivity index (χ0) is 18.7. The molecule has 2 aromatic rings. The van der Waals surface area contributed by atoms with E-state index in [-0.39, 0.29) is 5.91 Å². The van der Waals surface area contributed by atoms with Crippen molar-refractivity contribution in [1.82, 2.24) is 4.90 Å². The molecule has 2 aromatic carbocycles. The van der Waals surface area contributed by atoms with Crippen molar-refractivity contribution in [2.45, 2.75) is 26.7 Å². The summed E-state index contributed by atoms with van der Waals surface area (Å²) in [6.07, 6.45) is 1.93. The molecule has 134 valence electrons. The highest BCUT2D eigenvalue weighted by molar-refractivity contribution is 8.18. The molecule has 3 rings (SSSR count). The Morgan fingerprint density at radius 1 is 1.19 bits per heavy atom. The van der Waals surface area contributed by atoms with Crippen LogP contribution in [0, 0.1) is 0 Å². The van der Waals surface area contributed by atoms with Crippen LogP contribution < -0.4 is 0 Å². The van der Waals surface area contributed by atoms with Crippen molar-refractivity contribution >= 4 is 46.2 Å². The number of thioether (sulfide) groups is 1. The number of carbonyl (C=O) groups is 1. The lowest BCUT2D eigenvalue weighted by molar-refractivity contribution is -0.122. The molecular formula is C21H21ClN2OS. The molecule has 0 aliphatic carbocycles. The Labute approximate surface area is 163 Å². The number of amidine groups is 1. The van der Waals surface area contributed by atoms with Gasteiger partial charge in [0.2, 0.25) is 0 Å². The molecule has 0 radical (unpaired) electrons. The van der Waals surface area contributed by atoms with Gasteiger partial charge in [-0.2, -0.15) is 0 Å². The molecule has 3 nitrogen and oxygen atoms in total. The van der Waals surface area contributed by atoms with Gasteiger partial charge in [-0.05, 0) is 60.0 Å². The predicted molar refractivity (Wildman–Crippen MR) is 112 cm³/mol. The Morgan fingerprint density at radius 3 is 2.54 bits per heavy atom. The molecule has 0 N–H and O–H groups in total. The summed E-state index contributed by atoms with van der Waals surface area (Å²) in [4.78, 5) is 19.7. The highest BCUT2D eigenvalue weighted by Crippen LogP contribution is 2.34. The van der Waals surface area contributed by atoms with E-state index in [0.29, 0.717) is 27.6 Å². The Kier molecular flexibility index (Phi) is 5.84. The van der Waals surface area contributed by atoms with Crippen molar-refractivity contribution in [3.8, 4) is 0 Å². The summed E-state index contributed by atoms with van der Waals surface area (Å²) in [6, 6.07) is 15.7. The van der Waals surface area contributed by atoms with Crippen molar-refractivity contribution in [3.63, 3.8) is 0 Å². The molecule has 1 heterocycles. The van der Waals surface area contributed by atoms with Crippen LogP contribution in [0.3, 0.4) is 0 Å². The number of likely N-dealkylation sites (N-methyl/N-ethyl adjacent to an activating group) is 1. The molecule has 0 bridgehead atoms. The van der Waals surface area contributed by atoms with Gasteiger partial charge >= 0.3 is 0 Å². The number of hydrogen-bond donors (Lipinski definition) is 0. The number of rotatable bonds is 4. The third-order valence-corrected chi connectivity index (χ3v) is 5.38. The van der Waals surface area contributed by atoms with Gasteiger partial charge in [0.15, 0.2) is 5.17 Å². The van der Waals surface area contributed by atoms with Gasteiger partial charge in [-0.1, -0.05) is 55.8 Å². The zero-order valence-corrected chi connectivity index (χ0v) is 16.6. The lowest BCUT2D eigenvalue weighted by Crippen LogP contribution is -2.28. The Balaban J connectivity index is 1.89. The molecule has 0 atom stereocenters. The van der Waals surface area contributed by atoms with Crippen LogP contribution in [0.1, 0.15) is 37.8 Å². The van der Waals surface area contributed by atoms with Crippen molar-refractivity contribution in [1.29, 1.82) is 0 Å². The lowest BCUT2D eigenvalue weighted by Gasteiger charge is -2.12. The third kappa shape index (κ3) is 4.19. The van der Waals surface area contributed by atoms with Crippen LogP contribution in [-0.2, 0) is 4.79 Å². The van der Waals surface area contributed by atoms with E-state index in [9.17, 15) is 4.79 Å². The van der Waals surface area contributed by atoms with Crippen molar-refractivity contribution in [3.05, 3.63) is 69.6 Å². The van der Waals surface area contributed by atoms with Crippen LogP contribution in [0.5, 0.6) is 0 Å². The number of halogens is 1. The molecule has 0 spiro atoms. The minimum absolute atomic E-state index is 0.00814. The summed E-state index contributed by atoms with van der Waals surface area (Å²) < 4.78 is 0. The number of amides is 1. The van der Waals surface area contributed by atoms with Crippen molar-refractivity contribution in [2.75, 3.05) is 6.54 Å². The van der Waals surface area contributed by atoms with Crippen LogP contribution in [0.15, 0.2) is 58.4 Å². The number of nitrogens with zero attached hydrogens (tertiary/aromatic N) is 2. The lowest BCUT2D eigenvalue weighted by atomic mass is 10.0. The summed E-state index contributed by atoms with van der Waals surface area (Å²) in [5.41, 5.74) is 3.05. The molecule has 26 heavy (non-hydrogen) atoms. The fourth-order valence-corrected chi connectivity index (χ4v) is 3.90. The van der Waals surface area contributed by atoms with E-state index in [0.717, 1.165) is 11.3 Å². The number of benzene rings is 2. The molecule has 1 fully saturated rings. The number of carbonyl (C=O) groups excluding carboxylic acids is 1. The Bertz CT molecular complexity index is 872. The van der Waals surface area contributed by atoms with Crippen LogP contribution in [0.2, 0.25) is 5.02 Å². The molecule has 5 heteroatoms. The summed E-state index contributed by atoms with van der Waals surface area (Å²) in [6.45, 7) is 6.87. The summed E-state index contributed by atoms with van der Waals surface area (Å²) in [5, 5.41) is 1.31. The molecule has 1 aliphatic heterocycles. The molecule has 0 aromatic heterocycles. The zero-order valence-electron chi connectivity index (χ0n) is 15.1. The maximum absolute atomic E-state index is 12.7. The first kappa shape index (κ1) is 18.7. The van der Waals surface area contributed by atoms with E-state index in [1.54, 1.807) is 11.0 Å². The van der Waals surface area contributed by atoms with Gasteiger partial charge in [-0.25, -0.2) is 4.99 Å². The van der Waals surface area contributed by atoms with Crippen molar-refractivity contribution in [2.24, 2.45) is 4.99 Å². The summed E-state index contributed by atoms with van der Waals surface area (Å²) >= 11 is 7.43. The number of hydrogen-bond acceptors (Lipinski definition) is 3. The van der Waals surface area contributed by atoms with Crippen LogP contribution in [0.25, 0.3) is 6.08 Å². The molecule has 0 unspecified atom stereocenters. The minimum Gasteiger partial charge on any atom is -0.287 e. The topological polar surface area (TPSA) is 32.7 Å². The average molecular weight is 385 g/mol.